The fourth-order valence-corrected chi connectivity index (χ4v) is 4.73. The summed E-state index contributed by atoms with van der Waals surface area (Å²) in [4.78, 5) is 42.3. The maximum absolute atomic E-state index is 13.3. The molecule has 0 saturated heterocycles. The minimum Gasteiger partial charge on any atom is -0.465 e. The van der Waals surface area contributed by atoms with Crippen LogP contribution in [0.15, 0.2) is 58.5 Å². The van der Waals surface area contributed by atoms with Gasteiger partial charge >= 0.3 is 5.97 Å². The average Bonchev–Trinajstić information content (AvgIpc) is 2.75. The molecule has 1 heterocycles. The van der Waals surface area contributed by atoms with Crippen LogP contribution in [0.25, 0.3) is 16.6 Å². The molecule has 0 unspecified atom stereocenters. The molecule has 0 aliphatic heterocycles. The molecule has 4 rings (SSSR count). The van der Waals surface area contributed by atoms with Gasteiger partial charge in [0.15, 0.2) is 5.16 Å². The van der Waals surface area contributed by atoms with Crippen LogP contribution in [0.5, 0.6) is 0 Å². The van der Waals surface area contributed by atoms with Gasteiger partial charge in [-0.15, -0.1) is 0 Å². The smallest absolute Gasteiger partial charge is 0.337 e. The molecule has 1 aromatic heterocycles. The Morgan fingerprint density at radius 1 is 1.14 bits per heavy atom. The van der Waals surface area contributed by atoms with Gasteiger partial charge in [0, 0.05) is 6.42 Å². The summed E-state index contributed by atoms with van der Waals surface area (Å²) in [6.07, 6.45) is 3.23. The second kappa shape index (κ2) is 8.21. The van der Waals surface area contributed by atoms with Crippen LogP contribution in [0, 0.1) is 0 Å². The van der Waals surface area contributed by atoms with E-state index in [1.165, 1.54) is 18.9 Å². The first-order valence-electron chi connectivity index (χ1n) is 9.48. The van der Waals surface area contributed by atoms with Crippen molar-refractivity contribution in [3.05, 3.63) is 64.4 Å². The zero-order chi connectivity index (χ0) is 20.4. The molecule has 148 valence electrons. The Bertz CT molecular complexity index is 1140. The third-order valence-corrected chi connectivity index (χ3v) is 6.29. The average molecular weight is 408 g/mol. The number of fused-ring (bicyclic) bond motifs is 1. The number of hydrogen-bond acceptors (Lipinski definition) is 6. The van der Waals surface area contributed by atoms with Crippen LogP contribution in [0.4, 0.5) is 0 Å². The Kier molecular flexibility index (Phi) is 5.49. The molecule has 0 spiro atoms. The van der Waals surface area contributed by atoms with E-state index in [0.717, 1.165) is 19.3 Å². The first-order chi connectivity index (χ1) is 14.1. The third kappa shape index (κ3) is 3.82. The molecule has 0 N–H and O–H groups in total. The maximum Gasteiger partial charge on any atom is 0.337 e. The van der Waals surface area contributed by atoms with E-state index >= 15 is 0 Å². The lowest BCUT2D eigenvalue weighted by Gasteiger charge is -2.21. The summed E-state index contributed by atoms with van der Waals surface area (Å²) >= 11 is 1.33. The van der Waals surface area contributed by atoms with Crippen molar-refractivity contribution in [3.63, 3.8) is 0 Å². The van der Waals surface area contributed by atoms with Gasteiger partial charge in [0.05, 0.1) is 34.5 Å². The van der Waals surface area contributed by atoms with Crippen molar-refractivity contribution in [2.45, 2.75) is 36.1 Å². The van der Waals surface area contributed by atoms with Crippen LogP contribution in [0.3, 0.4) is 0 Å². The highest BCUT2D eigenvalue weighted by atomic mass is 32.2. The van der Waals surface area contributed by atoms with Gasteiger partial charge in [0.1, 0.15) is 5.78 Å². The topological polar surface area (TPSA) is 78.3 Å². The van der Waals surface area contributed by atoms with Crippen LogP contribution < -0.4 is 5.56 Å². The second-order valence-corrected chi connectivity index (χ2v) is 8.08. The molecule has 0 amide bonds. The minimum atomic E-state index is -0.488. The van der Waals surface area contributed by atoms with Crippen molar-refractivity contribution in [2.24, 2.45) is 0 Å². The van der Waals surface area contributed by atoms with E-state index in [1.807, 2.05) is 30.3 Å². The van der Waals surface area contributed by atoms with E-state index in [1.54, 1.807) is 22.8 Å². The van der Waals surface area contributed by atoms with Crippen LogP contribution in [0.1, 0.15) is 36.0 Å². The summed E-state index contributed by atoms with van der Waals surface area (Å²) in [5, 5.41) is 0.642. The van der Waals surface area contributed by atoms with Gasteiger partial charge in [-0.3, -0.25) is 14.2 Å². The maximum atomic E-state index is 13.3. The van der Waals surface area contributed by atoms with Crippen LogP contribution in [-0.4, -0.2) is 33.7 Å². The van der Waals surface area contributed by atoms with Crippen molar-refractivity contribution in [2.75, 3.05) is 7.11 Å². The number of esters is 1. The van der Waals surface area contributed by atoms with Gasteiger partial charge in [-0.2, -0.15) is 0 Å². The quantitative estimate of drug-likeness (QED) is 0.483. The van der Waals surface area contributed by atoms with Gasteiger partial charge in [-0.05, 0) is 43.2 Å². The number of ketones is 1. The van der Waals surface area contributed by atoms with Gasteiger partial charge in [0.2, 0.25) is 0 Å². The summed E-state index contributed by atoms with van der Waals surface area (Å²) in [6.45, 7) is 0. The number of thioether (sulfide) groups is 1. The Morgan fingerprint density at radius 2 is 1.93 bits per heavy atom. The lowest BCUT2D eigenvalue weighted by Crippen LogP contribution is -2.26. The molecule has 3 aromatic rings. The summed E-state index contributed by atoms with van der Waals surface area (Å²) in [7, 11) is 1.31. The summed E-state index contributed by atoms with van der Waals surface area (Å²) in [6, 6.07) is 14.0. The first-order valence-corrected chi connectivity index (χ1v) is 10.4. The van der Waals surface area contributed by atoms with Crippen LogP contribution in [-0.2, 0) is 9.53 Å². The van der Waals surface area contributed by atoms with Crippen molar-refractivity contribution < 1.29 is 14.3 Å². The van der Waals surface area contributed by atoms with Crippen molar-refractivity contribution in [3.8, 4) is 5.69 Å². The SMILES string of the molecule is COC(=O)c1ccc2c(=O)n(-c3ccccc3)c(S[C@H]3CCCCC3=O)nc2c1. The number of ether oxygens (including phenoxy) is 1. The summed E-state index contributed by atoms with van der Waals surface area (Å²) in [5.74, 6) is -0.295. The molecule has 7 heteroatoms. The number of methoxy groups -OCH3 is 1. The van der Waals surface area contributed by atoms with Gasteiger partial charge in [-0.1, -0.05) is 36.4 Å². The molecule has 1 atom stereocenters. The van der Waals surface area contributed by atoms with Crippen LogP contribution >= 0.6 is 11.8 Å². The molecule has 6 nitrogen and oxygen atoms in total. The Morgan fingerprint density at radius 3 is 2.66 bits per heavy atom. The zero-order valence-corrected chi connectivity index (χ0v) is 16.8. The van der Waals surface area contributed by atoms with E-state index in [4.69, 9.17) is 4.74 Å². The zero-order valence-electron chi connectivity index (χ0n) is 16.0. The van der Waals surface area contributed by atoms with Crippen molar-refractivity contribution in [1.82, 2.24) is 9.55 Å². The number of para-hydroxylation sites is 1. The molecule has 1 aliphatic rings. The Labute approximate surface area is 171 Å². The van der Waals surface area contributed by atoms with Gasteiger partial charge in [-0.25, -0.2) is 9.78 Å². The first kappa shape index (κ1) is 19.4. The number of carbonyl (C=O) groups excluding carboxylic acids is 2. The molecule has 1 fully saturated rings. The van der Waals surface area contributed by atoms with Crippen molar-refractivity contribution in [1.29, 1.82) is 0 Å². The second-order valence-electron chi connectivity index (χ2n) is 6.91. The third-order valence-electron chi connectivity index (χ3n) is 5.02. The molecule has 0 bridgehead atoms. The number of rotatable bonds is 4. The number of hydrogen-bond donors (Lipinski definition) is 0. The molecule has 0 radical (unpaired) electrons. The highest BCUT2D eigenvalue weighted by Crippen LogP contribution is 2.32. The monoisotopic (exact) mass is 408 g/mol. The predicted molar refractivity (Wildman–Crippen MR) is 112 cm³/mol. The van der Waals surface area contributed by atoms with E-state index in [9.17, 15) is 14.4 Å². The minimum absolute atomic E-state index is 0.193. The highest BCUT2D eigenvalue weighted by molar-refractivity contribution is 8.00. The Hall–Kier alpha value is -2.93. The van der Waals surface area contributed by atoms with Crippen molar-refractivity contribution >= 4 is 34.4 Å². The lowest BCUT2D eigenvalue weighted by atomic mass is 9.99. The number of carbonyl (C=O) groups is 2. The molecular formula is C22H20N2O4S. The summed E-state index contributed by atoms with van der Waals surface area (Å²) < 4.78 is 6.32. The Balaban J connectivity index is 1.90. The number of aromatic nitrogens is 2. The number of benzene rings is 2. The van der Waals surface area contributed by atoms with Crippen LogP contribution in [0.2, 0.25) is 0 Å². The van der Waals surface area contributed by atoms with E-state index in [2.05, 4.69) is 4.98 Å². The van der Waals surface area contributed by atoms with Gasteiger partial charge < -0.3 is 4.74 Å². The molecule has 1 saturated carbocycles. The standard InChI is InChI=1S/C22H20N2O4S/c1-28-21(27)14-11-12-16-17(13-14)23-22(29-19-10-6-5-9-18(19)25)24(20(16)26)15-7-3-2-4-8-15/h2-4,7-8,11-13,19H,5-6,9-10H2,1H3/t19-/m0/s1. The van der Waals surface area contributed by atoms with E-state index in [-0.39, 0.29) is 16.6 Å². The predicted octanol–water partition coefficient (Wildman–Crippen LogP) is 3.78. The fourth-order valence-electron chi connectivity index (χ4n) is 3.50. The number of nitrogens with zero attached hydrogens (tertiary/aromatic N) is 2. The van der Waals surface area contributed by atoms with E-state index in [0.29, 0.717) is 33.7 Å². The normalized spacial score (nSPS) is 16.7. The molecule has 1 aliphatic carbocycles. The highest BCUT2D eigenvalue weighted by Gasteiger charge is 2.26. The molecule has 2 aromatic carbocycles. The lowest BCUT2D eigenvalue weighted by molar-refractivity contribution is -0.119. The van der Waals surface area contributed by atoms with E-state index < -0.39 is 5.97 Å². The summed E-state index contributed by atoms with van der Waals surface area (Å²) in [5.41, 5.74) is 1.20. The molecule has 29 heavy (non-hydrogen) atoms. The fraction of sp³-hybridized carbons (Fsp3) is 0.273. The largest absolute Gasteiger partial charge is 0.465 e. The van der Waals surface area contributed by atoms with Gasteiger partial charge in [0.25, 0.3) is 5.56 Å². The molecular weight excluding hydrogens is 388 g/mol. The number of Topliss-reactive ketones (excluding diaryl/α,β-unsaturated/α-hetero) is 1.